The summed E-state index contributed by atoms with van der Waals surface area (Å²) in [6.45, 7) is 10.6. The summed E-state index contributed by atoms with van der Waals surface area (Å²) in [5.74, 6) is 0. The predicted molar refractivity (Wildman–Crippen MR) is 88.8 cm³/mol. The molecular weight excluding hydrogens is 258 g/mol. The minimum absolute atomic E-state index is 0.442. The Kier molecular flexibility index (Phi) is 4.63. The van der Waals surface area contributed by atoms with E-state index in [4.69, 9.17) is 0 Å². The average molecular weight is 287 g/mol. The van der Waals surface area contributed by atoms with Gasteiger partial charge in [-0.3, -0.25) is 9.80 Å². The molecule has 0 aliphatic carbocycles. The van der Waals surface area contributed by atoms with E-state index in [1.54, 1.807) is 0 Å². The van der Waals surface area contributed by atoms with Crippen LogP contribution >= 0.6 is 0 Å². The zero-order valence-corrected chi connectivity index (χ0v) is 13.7. The molecule has 21 heavy (non-hydrogen) atoms. The lowest BCUT2D eigenvalue weighted by Gasteiger charge is -2.39. The molecule has 2 unspecified atom stereocenters. The molecule has 3 heteroatoms. The molecule has 0 bridgehead atoms. The first-order valence-electron chi connectivity index (χ1n) is 8.38. The highest BCUT2D eigenvalue weighted by molar-refractivity contribution is 5.33. The summed E-state index contributed by atoms with van der Waals surface area (Å²) in [7, 11) is 2.10. The van der Waals surface area contributed by atoms with Gasteiger partial charge in [-0.2, -0.15) is 0 Å². The van der Waals surface area contributed by atoms with E-state index in [1.807, 2.05) is 0 Å². The number of nitrogens with zero attached hydrogens (tertiary/aromatic N) is 2. The first kappa shape index (κ1) is 15.0. The summed E-state index contributed by atoms with van der Waals surface area (Å²) >= 11 is 0. The van der Waals surface area contributed by atoms with Crippen molar-refractivity contribution in [2.75, 3.05) is 39.8 Å². The smallest absolute Gasteiger partial charge is 0.0449 e. The Morgan fingerprint density at radius 2 is 2.10 bits per heavy atom. The lowest BCUT2D eigenvalue weighted by molar-refractivity contribution is 0.0970. The Morgan fingerprint density at radius 1 is 1.24 bits per heavy atom. The van der Waals surface area contributed by atoms with Crippen molar-refractivity contribution in [3.8, 4) is 0 Å². The standard InChI is InChI=1S/C18H29N3/c1-14-6-7-15(2)17(11-14)18(19-3)13-20-9-10-21-8-4-5-16(21)12-20/h6-7,11,16,18-19H,4-5,8-10,12-13H2,1-3H3. The molecule has 2 aliphatic heterocycles. The van der Waals surface area contributed by atoms with Crippen molar-refractivity contribution in [1.29, 1.82) is 0 Å². The van der Waals surface area contributed by atoms with E-state index in [9.17, 15) is 0 Å². The Hall–Kier alpha value is -0.900. The molecule has 1 aromatic carbocycles. The molecule has 0 amide bonds. The molecule has 3 rings (SSSR count). The maximum Gasteiger partial charge on any atom is 0.0449 e. The van der Waals surface area contributed by atoms with Gasteiger partial charge in [-0.15, -0.1) is 0 Å². The fourth-order valence-electron chi connectivity index (χ4n) is 3.96. The predicted octanol–water partition coefficient (Wildman–Crippen LogP) is 2.34. The summed E-state index contributed by atoms with van der Waals surface area (Å²) in [5.41, 5.74) is 4.22. The van der Waals surface area contributed by atoms with Gasteiger partial charge in [0.15, 0.2) is 0 Å². The fraction of sp³-hybridized carbons (Fsp3) is 0.667. The van der Waals surface area contributed by atoms with E-state index in [0.717, 1.165) is 12.6 Å². The fourth-order valence-corrected chi connectivity index (χ4v) is 3.96. The van der Waals surface area contributed by atoms with Crippen LogP contribution in [0.4, 0.5) is 0 Å². The van der Waals surface area contributed by atoms with Crippen molar-refractivity contribution in [3.05, 3.63) is 34.9 Å². The van der Waals surface area contributed by atoms with E-state index in [1.165, 1.54) is 55.7 Å². The van der Waals surface area contributed by atoms with Gasteiger partial charge < -0.3 is 5.32 Å². The van der Waals surface area contributed by atoms with Gasteiger partial charge in [-0.1, -0.05) is 23.8 Å². The molecule has 2 fully saturated rings. The Balaban J connectivity index is 1.68. The third kappa shape index (κ3) is 3.31. The molecule has 2 aliphatic rings. The second kappa shape index (κ2) is 6.47. The lowest BCUT2D eigenvalue weighted by atomic mass is 9.98. The number of hydrogen-bond donors (Lipinski definition) is 1. The summed E-state index contributed by atoms with van der Waals surface area (Å²) in [6, 6.07) is 8.07. The third-order valence-electron chi connectivity index (χ3n) is 5.27. The number of piperazine rings is 1. The highest BCUT2D eigenvalue weighted by atomic mass is 15.3. The van der Waals surface area contributed by atoms with Crippen molar-refractivity contribution >= 4 is 0 Å². The van der Waals surface area contributed by atoms with Crippen LogP contribution in [0.15, 0.2) is 18.2 Å². The van der Waals surface area contributed by atoms with Gasteiger partial charge in [0, 0.05) is 38.3 Å². The Morgan fingerprint density at radius 3 is 2.90 bits per heavy atom. The molecule has 3 nitrogen and oxygen atoms in total. The lowest BCUT2D eigenvalue weighted by Crippen LogP contribution is -2.51. The Bertz CT molecular complexity index is 485. The second-order valence-corrected chi connectivity index (χ2v) is 6.79. The third-order valence-corrected chi connectivity index (χ3v) is 5.27. The van der Waals surface area contributed by atoms with Gasteiger partial charge in [0.05, 0.1) is 0 Å². The van der Waals surface area contributed by atoms with Crippen LogP contribution < -0.4 is 5.32 Å². The van der Waals surface area contributed by atoms with Crippen LogP contribution in [-0.4, -0.2) is 55.6 Å². The van der Waals surface area contributed by atoms with Gasteiger partial charge in [-0.25, -0.2) is 0 Å². The molecule has 116 valence electrons. The highest BCUT2D eigenvalue weighted by Crippen LogP contribution is 2.24. The normalized spacial score (nSPS) is 25.0. The minimum atomic E-state index is 0.442. The van der Waals surface area contributed by atoms with E-state index < -0.39 is 0 Å². The quantitative estimate of drug-likeness (QED) is 0.917. The van der Waals surface area contributed by atoms with Crippen LogP contribution in [-0.2, 0) is 0 Å². The average Bonchev–Trinajstić information content (AvgIpc) is 2.95. The zero-order valence-electron chi connectivity index (χ0n) is 13.7. The molecule has 2 heterocycles. The highest BCUT2D eigenvalue weighted by Gasteiger charge is 2.31. The number of fused-ring (bicyclic) bond motifs is 1. The van der Waals surface area contributed by atoms with Crippen LogP contribution in [0.5, 0.6) is 0 Å². The van der Waals surface area contributed by atoms with E-state index in [0.29, 0.717) is 6.04 Å². The molecule has 2 atom stereocenters. The van der Waals surface area contributed by atoms with Crippen LogP contribution in [0.25, 0.3) is 0 Å². The molecule has 1 aromatic rings. The Labute approximate surface area is 129 Å². The monoisotopic (exact) mass is 287 g/mol. The van der Waals surface area contributed by atoms with Gasteiger partial charge >= 0.3 is 0 Å². The maximum atomic E-state index is 3.54. The largest absolute Gasteiger partial charge is 0.312 e. The van der Waals surface area contributed by atoms with Crippen molar-refractivity contribution in [3.63, 3.8) is 0 Å². The van der Waals surface area contributed by atoms with Gasteiger partial charge in [0.25, 0.3) is 0 Å². The maximum absolute atomic E-state index is 3.54. The van der Waals surface area contributed by atoms with Crippen LogP contribution in [0.2, 0.25) is 0 Å². The van der Waals surface area contributed by atoms with Gasteiger partial charge in [0.2, 0.25) is 0 Å². The van der Waals surface area contributed by atoms with Crippen LogP contribution in [0.3, 0.4) is 0 Å². The second-order valence-electron chi connectivity index (χ2n) is 6.79. The summed E-state index contributed by atoms with van der Waals surface area (Å²) in [5, 5.41) is 3.54. The molecule has 0 radical (unpaired) electrons. The molecule has 0 saturated carbocycles. The zero-order chi connectivity index (χ0) is 14.8. The molecular formula is C18H29N3. The number of rotatable bonds is 4. The number of nitrogens with one attached hydrogen (secondary N) is 1. The first-order chi connectivity index (χ1) is 10.2. The topological polar surface area (TPSA) is 18.5 Å². The summed E-state index contributed by atoms with van der Waals surface area (Å²) in [6.07, 6.45) is 2.79. The number of benzene rings is 1. The summed E-state index contributed by atoms with van der Waals surface area (Å²) in [4.78, 5) is 5.35. The van der Waals surface area contributed by atoms with Crippen LogP contribution in [0, 0.1) is 13.8 Å². The number of likely N-dealkylation sites (N-methyl/N-ethyl adjacent to an activating group) is 1. The van der Waals surface area contributed by atoms with Crippen LogP contribution in [0.1, 0.15) is 35.6 Å². The first-order valence-corrected chi connectivity index (χ1v) is 8.38. The van der Waals surface area contributed by atoms with Gasteiger partial charge in [0.1, 0.15) is 0 Å². The van der Waals surface area contributed by atoms with E-state index >= 15 is 0 Å². The van der Waals surface area contributed by atoms with E-state index in [2.05, 4.69) is 54.2 Å². The minimum Gasteiger partial charge on any atom is -0.312 e. The molecule has 0 aromatic heterocycles. The molecule has 2 saturated heterocycles. The van der Waals surface area contributed by atoms with Crippen molar-refractivity contribution in [1.82, 2.24) is 15.1 Å². The summed E-state index contributed by atoms with van der Waals surface area (Å²) < 4.78 is 0. The van der Waals surface area contributed by atoms with Crippen molar-refractivity contribution < 1.29 is 0 Å². The molecule has 0 spiro atoms. The SMILES string of the molecule is CNC(CN1CCN2CCCC2C1)c1cc(C)ccc1C. The van der Waals surface area contributed by atoms with Gasteiger partial charge in [-0.05, 0) is 51.4 Å². The van der Waals surface area contributed by atoms with Crippen molar-refractivity contribution in [2.24, 2.45) is 0 Å². The number of aryl methyl sites for hydroxylation is 2. The number of hydrogen-bond acceptors (Lipinski definition) is 3. The van der Waals surface area contributed by atoms with E-state index in [-0.39, 0.29) is 0 Å². The molecule has 1 N–H and O–H groups in total. The van der Waals surface area contributed by atoms with Crippen molar-refractivity contribution in [2.45, 2.75) is 38.8 Å².